The van der Waals surface area contributed by atoms with Crippen LogP contribution in [0.1, 0.15) is 0 Å². The van der Waals surface area contributed by atoms with Crippen molar-refractivity contribution in [1.29, 1.82) is 0 Å². The van der Waals surface area contributed by atoms with Gasteiger partial charge in [0.25, 0.3) is 0 Å². The van der Waals surface area contributed by atoms with E-state index in [0.29, 0.717) is 13.4 Å². The van der Waals surface area contributed by atoms with E-state index < -0.39 is 0 Å². The molecule has 0 aromatic heterocycles. The van der Waals surface area contributed by atoms with Crippen LogP contribution in [-0.2, 0) is 0 Å². The summed E-state index contributed by atoms with van der Waals surface area (Å²) in [6.45, 7) is 0. The second-order valence-corrected chi connectivity index (χ2v) is 9.08. The summed E-state index contributed by atoms with van der Waals surface area (Å²) >= 11 is 0. The van der Waals surface area contributed by atoms with Gasteiger partial charge < -0.3 is 14.6 Å². The molecule has 4 heteroatoms. The Morgan fingerprint density at radius 2 is 1.03 bits per heavy atom. The fourth-order valence-corrected chi connectivity index (χ4v) is 4.81. The van der Waals surface area contributed by atoms with Crippen LogP contribution in [0.4, 0.5) is 17.1 Å². The van der Waals surface area contributed by atoms with E-state index in [1.165, 1.54) is 27.5 Å². The third-order valence-electron chi connectivity index (χ3n) is 6.70. The number of hydrogen-bond donors (Lipinski definition) is 1. The molecular weight excluding hydrogens is 465 g/mol. The molecule has 0 amide bonds. The smallest absolute Gasteiger partial charge is 0.537 e. The van der Waals surface area contributed by atoms with E-state index in [4.69, 9.17) is 9.68 Å². The Hall–Kier alpha value is -4.80. The summed E-state index contributed by atoms with van der Waals surface area (Å²) in [6, 6.07) is 50.3. The van der Waals surface area contributed by atoms with Gasteiger partial charge >= 0.3 is 7.69 Å². The van der Waals surface area contributed by atoms with Gasteiger partial charge in [0.1, 0.15) is 5.75 Å². The quantitative estimate of drug-likeness (QED) is 0.228. The van der Waals surface area contributed by atoms with E-state index in [0.717, 1.165) is 22.6 Å². The molecule has 3 nitrogen and oxygen atoms in total. The van der Waals surface area contributed by atoms with Crippen molar-refractivity contribution in [3.8, 4) is 28.0 Å². The molecule has 0 spiro atoms. The highest BCUT2D eigenvalue weighted by atomic mass is 16.5. The Labute approximate surface area is 223 Å². The molecule has 6 aromatic rings. The van der Waals surface area contributed by atoms with Crippen molar-refractivity contribution in [2.24, 2.45) is 0 Å². The molecule has 0 aliphatic rings. The summed E-state index contributed by atoms with van der Waals surface area (Å²) in [5.74, 6) is 0.570. The first-order chi connectivity index (χ1) is 18.8. The van der Waals surface area contributed by atoms with Crippen molar-refractivity contribution in [3.05, 3.63) is 146 Å². The van der Waals surface area contributed by atoms with E-state index in [9.17, 15) is 0 Å². The van der Waals surface area contributed by atoms with Crippen molar-refractivity contribution in [2.75, 3.05) is 4.90 Å². The molecule has 0 aliphatic heterocycles. The largest absolute Gasteiger partial charge is 0.569 e. The zero-order chi connectivity index (χ0) is 25.7. The van der Waals surface area contributed by atoms with Gasteiger partial charge in [0.15, 0.2) is 0 Å². The first-order valence-electron chi connectivity index (χ1n) is 12.6. The molecule has 1 N–H and O–H groups in total. The van der Waals surface area contributed by atoms with Crippen LogP contribution in [0.3, 0.4) is 0 Å². The molecule has 0 unspecified atom stereocenters. The number of anilines is 3. The van der Waals surface area contributed by atoms with E-state index >= 15 is 0 Å². The van der Waals surface area contributed by atoms with Crippen LogP contribution in [0.5, 0.6) is 5.75 Å². The van der Waals surface area contributed by atoms with E-state index in [-0.39, 0.29) is 0 Å². The molecule has 6 rings (SSSR count). The Morgan fingerprint density at radius 1 is 0.447 bits per heavy atom. The van der Waals surface area contributed by atoms with Crippen LogP contribution < -0.4 is 9.55 Å². The van der Waals surface area contributed by atoms with Gasteiger partial charge in [-0.2, -0.15) is 0 Å². The maximum Gasteiger partial charge on any atom is 0.569 e. The van der Waals surface area contributed by atoms with E-state index in [2.05, 4.69) is 120 Å². The third kappa shape index (κ3) is 4.90. The lowest BCUT2D eigenvalue weighted by atomic mass is 10.0. The molecule has 6 aromatic carbocycles. The van der Waals surface area contributed by atoms with E-state index in [1.54, 1.807) is 0 Å². The number of benzene rings is 6. The van der Waals surface area contributed by atoms with Crippen LogP contribution in [0.25, 0.3) is 33.0 Å². The molecule has 0 atom stereocenters. The lowest BCUT2D eigenvalue weighted by Gasteiger charge is -2.26. The minimum absolute atomic E-state index is 0.570. The summed E-state index contributed by atoms with van der Waals surface area (Å²) in [5.41, 5.74) is 7.75. The highest BCUT2D eigenvalue weighted by Gasteiger charge is 2.14. The second kappa shape index (κ2) is 10.7. The predicted molar refractivity (Wildman–Crippen MR) is 158 cm³/mol. The van der Waals surface area contributed by atoms with E-state index in [1.807, 2.05) is 30.3 Å². The average Bonchev–Trinajstić information content (AvgIpc) is 2.99. The minimum Gasteiger partial charge on any atom is -0.537 e. The van der Waals surface area contributed by atoms with Gasteiger partial charge in [0.05, 0.1) is 0 Å². The molecule has 0 saturated heterocycles. The summed E-state index contributed by atoms with van der Waals surface area (Å²) in [7, 11) is 0.696. The highest BCUT2D eigenvalue weighted by Crippen LogP contribution is 2.38. The van der Waals surface area contributed by atoms with Crippen LogP contribution >= 0.6 is 0 Å². The van der Waals surface area contributed by atoms with Crippen molar-refractivity contribution in [2.45, 2.75) is 0 Å². The predicted octanol–water partition coefficient (Wildman–Crippen LogP) is 8.55. The van der Waals surface area contributed by atoms with Gasteiger partial charge in [-0.3, -0.25) is 0 Å². The monoisotopic (exact) mass is 490 g/mol. The molecule has 1 radical (unpaired) electrons. The maximum absolute atomic E-state index is 9.01. The fraction of sp³-hybridized carbons (Fsp3) is 0. The number of rotatable bonds is 7. The third-order valence-corrected chi connectivity index (χ3v) is 6.70. The molecule has 181 valence electrons. The van der Waals surface area contributed by atoms with Crippen LogP contribution in [0, 0.1) is 0 Å². The minimum atomic E-state index is 0.570. The summed E-state index contributed by atoms with van der Waals surface area (Å²) in [5, 5.41) is 11.5. The zero-order valence-electron chi connectivity index (χ0n) is 20.7. The number of nitrogens with zero attached hydrogens (tertiary/aromatic N) is 1. The standard InChI is InChI=1S/C34H25BNO2/c37-35-38-34-21-19-32(20-22-34)36(33-12-6-11-29(24-33)25-7-2-1-3-8-25)31-17-15-27(16-18-31)30-14-13-26-9-4-5-10-28(26)23-30/h1-24,37H. The summed E-state index contributed by atoms with van der Waals surface area (Å²) in [6.07, 6.45) is 0. The SMILES string of the molecule is O[B]Oc1ccc(N(c2ccc(-c3ccc4ccccc4c3)cc2)c2cccc(-c3ccccc3)c2)cc1. The molecule has 38 heavy (non-hydrogen) atoms. The lowest BCUT2D eigenvalue weighted by Crippen LogP contribution is -2.10. The van der Waals surface area contributed by atoms with Crippen molar-refractivity contribution in [1.82, 2.24) is 0 Å². The van der Waals surface area contributed by atoms with Gasteiger partial charge in [-0.15, -0.1) is 0 Å². The molecular formula is C34H25BNO2. The summed E-state index contributed by atoms with van der Waals surface area (Å²) < 4.78 is 5.14. The normalized spacial score (nSPS) is 10.8. The number of fused-ring (bicyclic) bond motifs is 1. The highest BCUT2D eigenvalue weighted by molar-refractivity contribution is 6.17. The Bertz CT molecular complexity index is 1670. The Kier molecular flexibility index (Phi) is 6.63. The zero-order valence-corrected chi connectivity index (χ0v) is 20.7. The molecule has 0 aliphatic carbocycles. The van der Waals surface area contributed by atoms with Gasteiger partial charge in [0, 0.05) is 17.1 Å². The maximum atomic E-state index is 9.01. The van der Waals surface area contributed by atoms with Crippen LogP contribution in [0.2, 0.25) is 0 Å². The molecule has 0 heterocycles. The summed E-state index contributed by atoms with van der Waals surface area (Å²) in [4.78, 5) is 2.23. The number of hydrogen-bond acceptors (Lipinski definition) is 3. The van der Waals surface area contributed by atoms with Gasteiger partial charge in [0.2, 0.25) is 0 Å². The first kappa shape index (κ1) is 23.6. The second-order valence-electron chi connectivity index (χ2n) is 9.08. The van der Waals surface area contributed by atoms with Crippen molar-refractivity contribution < 1.29 is 9.68 Å². The topological polar surface area (TPSA) is 32.7 Å². The lowest BCUT2D eigenvalue weighted by molar-refractivity contribution is 0.454. The van der Waals surface area contributed by atoms with Crippen molar-refractivity contribution in [3.63, 3.8) is 0 Å². The fourth-order valence-electron chi connectivity index (χ4n) is 4.81. The molecule has 0 bridgehead atoms. The van der Waals surface area contributed by atoms with Crippen molar-refractivity contribution >= 4 is 35.5 Å². The van der Waals surface area contributed by atoms with Gasteiger partial charge in [-0.1, -0.05) is 91.0 Å². The first-order valence-corrected chi connectivity index (χ1v) is 12.6. The Morgan fingerprint density at radius 3 is 1.76 bits per heavy atom. The van der Waals surface area contributed by atoms with Crippen LogP contribution in [0.15, 0.2) is 146 Å². The van der Waals surface area contributed by atoms with Gasteiger partial charge in [-0.05, 0) is 87.6 Å². The molecule has 0 fully saturated rings. The van der Waals surface area contributed by atoms with Gasteiger partial charge in [-0.25, -0.2) is 0 Å². The van der Waals surface area contributed by atoms with Crippen LogP contribution in [-0.4, -0.2) is 12.7 Å². The molecule has 0 saturated carbocycles. The average molecular weight is 490 g/mol. The Balaban J connectivity index is 1.40.